The highest BCUT2D eigenvalue weighted by atomic mass is 35.5. The SMILES string of the molecule is CCOc1ccc([C@H]2Oc3ccc(Cl)cc3C3=C2[C@H](c2cccnc2)n2ncnc2N3)cc1OC. The molecule has 6 rings (SSSR count). The molecule has 176 valence electrons. The normalized spacial score (nSPS) is 18.0. The zero-order chi connectivity index (χ0) is 23.9. The van der Waals surface area contributed by atoms with Gasteiger partial charge >= 0.3 is 0 Å². The molecule has 2 atom stereocenters. The molecule has 0 unspecified atom stereocenters. The van der Waals surface area contributed by atoms with Crippen LogP contribution in [0.2, 0.25) is 5.02 Å². The van der Waals surface area contributed by atoms with Crippen LogP contribution in [0.1, 0.15) is 35.8 Å². The lowest BCUT2D eigenvalue weighted by atomic mass is 9.85. The van der Waals surface area contributed by atoms with E-state index in [4.69, 9.17) is 25.8 Å². The van der Waals surface area contributed by atoms with Crippen molar-refractivity contribution < 1.29 is 14.2 Å². The van der Waals surface area contributed by atoms with Crippen LogP contribution in [0.25, 0.3) is 5.70 Å². The Morgan fingerprint density at radius 3 is 2.83 bits per heavy atom. The Morgan fingerprint density at radius 2 is 2.03 bits per heavy atom. The van der Waals surface area contributed by atoms with Crippen LogP contribution < -0.4 is 19.5 Å². The maximum Gasteiger partial charge on any atom is 0.226 e. The van der Waals surface area contributed by atoms with Gasteiger partial charge in [-0.15, -0.1) is 0 Å². The molecule has 0 fully saturated rings. The van der Waals surface area contributed by atoms with Gasteiger partial charge in [-0.25, -0.2) is 4.68 Å². The van der Waals surface area contributed by atoms with Gasteiger partial charge in [0.25, 0.3) is 0 Å². The molecule has 0 amide bonds. The zero-order valence-electron chi connectivity index (χ0n) is 19.1. The quantitative estimate of drug-likeness (QED) is 0.409. The van der Waals surface area contributed by atoms with Crippen molar-refractivity contribution in [1.82, 2.24) is 19.7 Å². The Kier molecular flexibility index (Phi) is 5.30. The number of nitrogens with zero attached hydrogens (tertiary/aromatic N) is 4. The number of nitrogens with one attached hydrogen (secondary N) is 1. The van der Waals surface area contributed by atoms with Crippen LogP contribution in [0, 0.1) is 0 Å². The van der Waals surface area contributed by atoms with Gasteiger partial charge in [-0.1, -0.05) is 23.7 Å². The molecular weight excluding hydrogens is 466 g/mol. The standard InChI is InChI=1S/C26H22ClN5O3/c1-3-34-20-8-6-15(11-21(20)33-2)25-22-23(18-12-17(27)7-9-19(18)35-25)31-26-29-14-30-32(26)24(22)16-5-4-10-28-13-16/h4-14,24-25H,3H2,1-2H3,(H,29,30,31)/t24-,25+/m0/s1. The average Bonchev–Trinajstić information content (AvgIpc) is 3.36. The van der Waals surface area contributed by atoms with E-state index < -0.39 is 6.10 Å². The Labute approximate surface area is 207 Å². The van der Waals surface area contributed by atoms with Crippen molar-refractivity contribution in [2.75, 3.05) is 19.0 Å². The second kappa shape index (κ2) is 8.63. The van der Waals surface area contributed by atoms with Crippen molar-refractivity contribution in [3.05, 3.63) is 94.5 Å². The summed E-state index contributed by atoms with van der Waals surface area (Å²) < 4.78 is 19.9. The first-order valence-corrected chi connectivity index (χ1v) is 11.6. The van der Waals surface area contributed by atoms with Gasteiger partial charge in [0.15, 0.2) is 11.5 Å². The van der Waals surface area contributed by atoms with Crippen molar-refractivity contribution in [2.24, 2.45) is 0 Å². The van der Waals surface area contributed by atoms with E-state index in [1.165, 1.54) is 0 Å². The van der Waals surface area contributed by atoms with Crippen molar-refractivity contribution in [2.45, 2.75) is 19.1 Å². The first-order chi connectivity index (χ1) is 17.2. The minimum absolute atomic E-state index is 0.299. The Hall–Kier alpha value is -4.04. The first kappa shape index (κ1) is 21.5. The van der Waals surface area contributed by atoms with Gasteiger partial charge in [-0.05, 0) is 48.9 Å². The number of anilines is 1. The number of fused-ring (bicyclic) bond motifs is 3. The van der Waals surface area contributed by atoms with E-state index in [0.29, 0.717) is 29.1 Å². The number of hydrogen-bond donors (Lipinski definition) is 1. The molecule has 4 heterocycles. The van der Waals surface area contributed by atoms with Gasteiger partial charge < -0.3 is 19.5 Å². The van der Waals surface area contributed by atoms with Crippen LogP contribution in [0.3, 0.4) is 0 Å². The number of aromatic nitrogens is 4. The van der Waals surface area contributed by atoms with Gasteiger partial charge in [0.05, 0.1) is 19.4 Å². The number of benzene rings is 2. The smallest absolute Gasteiger partial charge is 0.226 e. The lowest BCUT2D eigenvalue weighted by Gasteiger charge is -2.39. The van der Waals surface area contributed by atoms with E-state index in [1.54, 1.807) is 19.6 Å². The van der Waals surface area contributed by atoms with Crippen LogP contribution in [0.15, 0.2) is 72.8 Å². The molecule has 1 N–H and O–H groups in total. The Balaban J connectivity index is 1.59. The minimum atomic E-state index is -0.446. The Bertz CT molecular complexity index is 1440. The summed E-state index contributed by atoms with van der Waals surface area (Å²) in [7, 11) is 1.63. The fourth-order valence-electron chi connectivity index (χ4n) is 4.70. The third kappa shape index (κ3) is 3.57. The van der Waals surface area contributed by atoms with Crippen molar-refractivity contribution >= 4 is 23.2 Å². The van der Waals surface area contributed by atoms with E-state index in [0.717, 1.165) is 33.7 Å². The fraction of sp³-hybridized carbons (Fsp3) is 0.192. The lowest BCUT2D eigenvalue weighted by molar-refractivity contribution is 0.222. The molecule has 35 heavy (non-hydrogen) atoms. The summed E-state index contributed by atoms with van der Waals surface area (Å²) >= 11 is 6.40. The summed E-state index contributed by atoms with van der Waals surface area (Å²) in [5.74, 6) is 2.67. The van der Waals surface area contributed by atoms with Crippen LogP contribution in [0.4, 0.5) is 5.95 Å². The van der Waals surface area contributed by atoms with Gasteiger partial charge in [0.1, 0.15) is 24.2 Å². The molecule has 0 aliphatic carbocycles. The van der Waals surface area contributed by atoms with E-state index >= 15 is 0 Å². The summed E-state index contributed by atoms with van der Waals surface area (Å²) in [5, 5.41) is 8.63. The predicted molar refractivity (Wildman–Crippen MR) is 132 cm³/mol. The molecule has 0 bridgehead atoms. The maximum absolute atomic E-state index is 6.65. The highest BCUT2D eigenvalue weighted by Crippen LogP contribution is 2.51. The van der Waals surface area contributed by atoms with E-state index in [9.17, 15) is 0 Å². The molecule has 0 saturated heterocycles. The number of rotatable bonds is 5. The number of pyridine rings is 1. The average molecular weight is 488 g/mol. The summed E-state index contributed by atoms with van der Waals surface area (Å²) in [5.41, 5.74) is 4.60. The molecule has 2 aliphatic heterocycles. The van der Waals surface area contributed by atoms with Crippen molar-refractivity contribution in [1.29, 1.82) is 0 Å². The third-order valence-corrected chi connectivity index (χ3v) is 6.40. The molecule has 2 aromatic heterocycles. The molecule has 8 nitrogen and oxygen atoms in total. The Morgan fingerprint density at radius 1 is 1.11 bits per heavy atom. The lowest BCUT2D eigenvalue weighted by Crippen LogP contribution is -2.32. The predicted octanol–water partition coefficient (Wildman–Crippen LogP) is 5.29. The van der Waals surface area contributed by atoms with Crippen LogP contribution in [-0.2, 0) is 0 Å². The van der Waals surface area contributed by atoms with Crippen molar-refractivity contribution in [3.8, 4) is 17.2 Å². The summed E-state index contributed by atoms with van der Waals surface area (Å²) in [4.78, 5) is 8.82. The van der Waals surface area contributed by atoms with Gasteiger partial charge in [0.2, 0.25) is 5.95 Å². The minimum Gasteiger partial charge on any atom is -0.493 e. The van der Waals surface area contributed by atoms with Crippen LogP contribution in [-0.4, -0.2) is 33.5 Å². The number of methoxy groups -OCH3 is 1. The van der Waals surface area contributed by atoms with Gasteiger partial charge in [-0.2, -0.15) is 10.1 Å². The molecule has 4 aromatic rings. The number of hydrogen-bond acceptors (Lipinski definition) is 7. The van der Waals surface area contributed by atoms with Crippen LogP contribution >= 0.6 is 11.6 Å². The molecule has 0 saturated carbocycles. The number of ether oxygens (including phenoxy) is 3. The second-order valence-electron chi connectivity index (χ2n) is 8.15. The topological polar surface area (TPSA) is 83.3 Å². The molecular formula is C26H22ClN5O3. The molecule has 9 heteroatoms. The molecule has 0 radical (unpaired) electrons. The molecule has 2 aliphatic rings. The monoisotopic (exact) mass is 487 g/mol. The summed E-state index contributed by atoms with van der Waals surface area (Å²) in [6.07, 6.45) is 4.69. The highest BCUT2D eigenvalue weighted by Gasteiger charge is 2.41. The van der Waals surface area contributed by atoms with Crippen LogP contribution in [0.5, 0.6) is 17.2 Å². The maximum atomic E-state index is 6.65. The number of halogens is 1. The van der Waals surface area contributed by atoms with Crippen molar-refractivity contribution in [3.63, 3.8) is 0 Å². The summed E-state index contributed by atoms with van der Waals surface area (Å²) in [6, 6.07) is 15.1. The van der Waals surface area contributed by atoms with Gasteiger partial charge in [0, 0.05) is 34.1 Å². The zero-order valence-corrected chi connectivity index (χ0v) is 19.9. The second-order valence-corrected chi connectivity index (χ2v) is 8.59. The molecule has 2 aromatic carbocycles. The fourth-order valence-corrected chi connectivity index (χ4v) is 4.87. The largest absolute Gasteiger partial charge is 0.493 e. The first-order valence-electron chi connectivity index (χ1n) is 11.3. The van der Waals surface area contributed by atoms with E-state index in [-0.39, 0.29) is 6.04 Å². The molecule has 0 spiro atoms. The summed E-state index contributed by atoms with van der Waals surface area (Å²) in [6.45, 7) is 2.49. The third-order valence-electron chi connectivity index (χ3n) is 6.17. The van der Waals surface area contributed by atoms with E-state index in [1.807, 2.05) is 66.3 Å². The van der Waals surface area contributed by atoms with Gasteiger partial charge in [-0.3, -0.25) is 4.98 Å². The highest BCUT2D eigenvalue weighted by molar-refractivity contribution is 6.30. The van der Waals surface area contributed by atoms with E-state index in [2.05, 4.69) is 20.4 Å².